The zero-order valence-electron chi connectivity index (χ0n) is 7.69. The smallest absolute Gasteiger partial charge is 0.240 e. The number of primary amides is 1. The van der Waals surface area contributed by atoms with Crippen LogP contribution >= 0.6 is 0 Å². The van der Waals surface area contributed by atoms with Gasteiger partial charge in [0.2, 0.25) is 11.8 Å². The fourth-order valence-electron chi connectivity index (χ4n) is 1.33. The molecule has 4 N–H and O–H groups in total. The van der Waals surface area contributed by atoms with Gasteiger partial charge < -0.3 is 16.4 Å². The maximum absolute atomic E-state index is 11.5. The van der Waals surface area contributed by atoms with E-state index in [0.717, 1.165) is 0 Å². The molecule has 0 aromatic heterocycles. The first-order valence-corrected chi connectivity index (χ1v) is 4.43. The number of nitrogens with zero attached hydrogens (tertiary/aromatic N) is 1. The number of hydrogen-bond donors (Lipinski definition) is 2. The quantitative estimate of drug-likeness (QED) is 0.579. The van der Waals surface area contributed by atoms with Gasteiger partial charge in [-0.15, -0.1) is 0 Å². The molecule has 0 aliphatic carbocycles. The first-order chi connectivity index (χ1) is 6.07. The van der Waals surface area contributed by atoms with Gasteiger partial charge in [-0.05, 0) is 12.8 Å². The summed E-state index contributed by atoms with van der Waals surface area (Å²) in [6, 6.07) is -0.924. The van der Waals surface area contributed by atoms with Gasteiger partial charge in [-0.2, -0.15) is 0 Å². The van der Waals surface area contributed by atoms with Gasteiger partial charge in [0, 0.05) is 6.54 Å². The van der Waals surface area contributed by atoms with E-state index < -0.39 is 18.0 Å². The summed E-state index contributed by atoms with van der Waals surface area (Å²) in [4.78, 5) is 23.7. The number of amides is 2. The lowest BCUT2D eigenvalue weighted by Gasteiger charge is -2.40. The summed E-state index contributed by atoms with van der Waals surface area (Å²) in [6.45, 7) is 2.43. The number of rotatable bonds is 3. The molecule has 0 aromatic carbocycles. The predicted molar refractivity (Wildman–Crippen MR) is 47.6 cm³/mol. The van der Waals surface area contributed by atoms with Crippen molar-refractivity contribution in [3.63, 3.8) is 0 Å². The van der Waals surface area contributed by atoms with E-state index in [0.29, 0.717) is 19.4 Å². The number of hydrogen-bond acceptors (Lipinski definition) is 3. The van der Waals surface area contributed by atoms with Crippen LogP contribution in [0.5, 0.6) is 0 Å². The molecule has 1 rings (SSSR count). The van der Waals surface area contributed by atoms with Gasteiger partial charge in [-0.3, -0.25) is 9.59 Å². The van der Waals surface area contributed by atoms with Crippen molar-refractivity contribution in [1.82, 2.24) is 4.90 Å². The number of likely N-dealkylation sites (tertiary alicyclic amines) is 1. The van der Waals surface area contributed by atoms with Gasteiger partial charge in [0.05, 0.1) is 6.04 Å². The van der Waals surface area contributed by atoms with Gasteiger partial charge in [0.15, 0.2) is 0 Å². The second kappa shape index (κ2) is 3.74. The molecule has 74 valence electrons. The molecule has 1 unspecified atom stereocenters. The molecular weight excluding hydrogens is 170 g/mol. The minimum Gasteiger partial charge on any atom is -0.368 e. The Morgan fingerprint density at radius 2 is 2.23 bits per heavy atom. The van der Waals surface area contributed by atoms with Gasteiger partial charge in [-0.1, -0.05) is 6.92 Å². The summed E-state index contributed by atoms with van der Waals surface area (Å²) >= 11 is 0. The Hall–Kier alpha value is -1.10. The molecule has 0 bridgehead atoms. The van der Waals surface area contributed by atoms with Crippen molar-refractivity contribution in [3.8, 4) is 0 Å². The van der Waals surface area contributed by atoms with Crippen LogP contribution in [0.25, 0.3) is 0 Å². The van der Waals surface area contributed by atoms with Crippen LogP contribution in [0.2, 0.25) is 0 Å². The fraction of sp³-hybridized carbons (Fsp3) is 0.750. The topological polar surface area (TPSA) is 89.4 Å². The van der Waals surface area contributed by atoms with E-state index in [4.69, 9.17) is 11.5 Å². The molecule has 2 amide bonds. The first kappa shape index (κ1) is 9.98. The highest BCUT2D eigenvalue weighted by atomic mass is 16.2. The minimum absolute atomic E-state index is 0.169. The van der Waals surface area contributed by atoms with Crippen LogP contribution in [-0.2, 0) is 9.59 Å². The van der Waals surface area contributed by atoms with E-state index in [1.807, 2.05) is 6.92 Å². The average molecular weight is 185 g/mol. The molecule has 0 spiro atoms. The SMILES string of the molecule is CC[C@H](N)C(=O)N1CCC1C(N)=O. The molecular formula is C8H15N3O2. The molecule has 1 saturated heterocycles. The molecule has 1 aliphatic heterocycles. The van der Waals surface area contributed by atoms with Crippen LogP contribution in [0.4, 0.5) is 0 Å². The Kier molecular flexibility index (Phi) is 2.87. The molecule has 1 heterocycles. The van der Waals surface area contributed by atoms with Crippen LogP contribution in [-0.4, -0.2) is 35.3 Å². The van der Waals surface area contributed by atoms with E-state index >= 15 is 0 Å². The third kappa shape index (κ3) is 1.80. The number of nitrogens with two attached hydrogens (primary N) is 2. The zero-order chi connectivity index (χ0) is 10.0. The largest absolute Gasteiger partial charge is 0.368 e. The monoisotopic (exact) mass is 185 g/mol. The maximum Gasteiger partial charge on any atom is 0.240 e. The van der Waals surface area contributed by atoms with Crippen molar-refractivity contribution in [2.45, 2.75) is 31.8 Å². The highest BCUT2D eigenvalue weighted by Gasteiger charge is 2.37. The summed E-state index contributed by atoms with van der Waals surface area (Å²) in [7, 11) is 0. The maximum atomic E-state index is 11.5. The molecule has 0 aromatic rings. The van der Waals surface area contributed by atoms with E-state index in [2.05, 4.69) is 0 Å². The normalized spacial score (nSPS) is 23.5. The lowest BCUT2D eigenvalue weighted by molar-refractivity contribution is -0.147. The van der Waals surface area contributed by atoms with Gasteiger partial charge in [-0.25, -0.2) is 0 Å². The van der Waals surface area contributed by atoms with Crippen LogP contribution in [0.15, 0.2) is 0 Å². The Morgan fingerprint density at radius 3 is 2.54 bits per heavy atom. The van der Waals surface area contributed by atoms with Gasteiger partial charge in [0.1, 0.15) is 6.04 Å². The number of carbonyl (C=O) groups is 2. The molecule has 1 aliphatic rings. The van der Waals surface area contributed by atoms with Crippen molar-refractivity contribution < 1.29 is 9.59 Å². The Morgan fingerprint density at radius 1 is 1.62 bits per heavy atom. The summed E-state index contributed by atoms with van der Waals surface area (Å²) in [5.74, 6) is -0.611. The summed E-state index contributed by atoms with van der Waals surface area (Å²) in [6.07, 6.45) is 1.25. The van der Waals surface area contributed by atoms with Crippen LogP contribution in [0.3, 0.4) is 0 Å². The molecule has 5 heteroatoms. The van der Waals surface area contributed by atoms with Crippen molar-refractivity contribution >= 4 is 11.8 Å². The summed E-state index contributed by atoms with van der Waals surface area (Å²) in [5, 5.41) is 0. The van der Waals surface area contributed by atoms with E-state index in [9.17, 15) is 9.59 Å². The standard InChI is InChI=1S/C8H15N3O2/c1-2-5(9)8(13)11-4-3-6(11)7(10)12/h5-6H,2-4,9H2,1H3,(H2,10,12)/t5-,6?/m0/s1. The third-order valence-electron chi connectivity index (χ3n) is 2.39. The predicted octanol–water partition coefficient (Wildman–Crippen LogP) is -1.19. The van der Waals surface area contributed by atoms with Crippen LogP contribution in [0, 0.1) is 0 Å². The summed E-state index contributed by atoms with van der Waals surface area (Å²) in [5.41, 5.74) is 10.6. The van der Waals surface area contributed by atoms with E-state index in [1.165, 1.54) is 4.90 Å². The lowest BCUT2D eigenvalue weighted by Crippen LogP contribution is -2.60. The highest BCUT2D eigenvalue weighted by molar-refractivity contribution is 5.90. The highest BCUT2D eigenvalue weighted by Crippen LogP contribution is 2.17. The third-order valence-corrected chi connectivity index (χ3v) is 2.39. The van der Waals surface area contributed by atoms with Crippen molar-refractivity contribution in [3.05, 3.63) is 0 Å². The van der Waals surface area contributed by atoms with Crippen molar-refractivity contribution in [1.29, 1.82) is 0 Å². The molecule has 0 radical (unpaired) electrons. The molecule has 13 heavy (non-hydrogen) atoms. The van der Waals surface area contributed by atoms with Crippen LogP contribution in [0.1, 0.15) is 19.8 Å². The summed E-state index contributed by atoms with van der Waals surface area (Å²) < 4.78 is 0. The lowest BCUT2D eigenvalue weighted by atomic mass is 10.0. The van der Waals surface area contributed by atoms with Crippen LogP contribution < -0.4 is 11.5 Å². The Bertz CT molecular complexity index is 229. The van der Waals surface area contributed by atoms with Crippen molar-refractivity contribution in [2.75, 3.05) is 6.54 Å². The second-order valence-corrected chi connectivity index (χ2v) is 3.25. The molecule has 0 saturated carbocycles. The molecule has 2 atom stereocenters. The minimum atomic E-state index is -0.498. The zero-order valence-corrected chi connectivity index (χ0v) is 7.69. The molecule has 1 fully saturated rings. The van der Waals surface area contributed by atoms with Crippen molar-refractivity contribution in [2.24, 2.45) is 11.5 Å². The number of carbonyl (C=O) groups excluding carboxylic acids is 2. The Balaban J connectivity index is 2.53. The van der Waals surface area contributed by atoms with Gasteiger partial charge >= 0.3 is 0 Å². The fourth-order valence-corrected chi connectivity index (χ4v) is 1.33. The van der Waals surface area contributed by atoms with E-state index in [-0.39, 0.29) is 5.91 Å². The average Bonchev–Trinajstić information content (AvgIpc) is 1.99. The Labute approximate surface area is 77.1 Å². The first-order valence-electron chi connectivity index (χ1n) is 4.43. The molecule has 5 nitrogen and oxygen atoms in total. The van der Waals surface area contributed by atoms with E-state index in [1.54, 1.807) is 0 Å². The second-order valence-electron chi connectivity index (χ2n) is 3.25. The van der Waals surface area contributed by atoms with Gasteiger partial charge in [0.25, 0.3) is 0 Å².